The predicted octanol–water partition coefficient (Wildman–Crippen LogP) is 3.61. The van der Waals surface area contributed by atoms with E-state index < -0.39 is 18.3 Å². The van der Waals surface area contributed by atoms with Gasteiger partial charge in [-0.3, -0.25) is 4.90 Å². The first-order valence-corrected chi connectivity index (χ1v) is 7.05. The van der Waals surface area contributed by atoms with Gasteiger partial charge in [0.2, 0.25) is 6.43 Å². The standard InChI is InChI=1S/C13H16BrF3N2.ClH/c14-13-9(2-1-3-10(13)15)11(8-12(16)17)19-6-4-18-5-7-19;/h1-3,11-12,18H,4-8H2;1H/t11-;/m0./s1. The molecule has 1 N–H and O–H groups in total. The molecular formula is C13H17BrClF3N2. The Hall–Kier alpha value is -0.300. The molecule has 0 bridgehead atoms. The van der Waals surface area contributed by atoms with E-state index in [2.05, 4.69) is 21.2 Å². The fourth-order valence-electron chi connectivity index (χ4n) is 2.41. The van der Waals surface area contributed by atoms with Gasteiger partial charge in [-0.25, -0.2) is 13.2 Å². The van der Waals surface area contributed by atoms with Gasteiger partial charge in [0.25, 0.3) is 0 Å². The SMILES string of the molecule is Cl.Fc1cccc([C@H](CC(F)F)N2CCNCC2)c1Br. The largest absolute Gasteiger partial charge is 0.314 e. The number of nitrogens with zero attached hydrogens (tertiary/aromatic N) is 1. The Kier molecular flexibility index (Phi) is 7.29. The Balaban J connectivity index is 0.00000200. The highest BCUT2D eigenvalue weighted by molar-refractivity contribution is 9.10. The maximum absolute atomic E-state index is 13.6. The summed E-state index contributed by atoms with van der Waals surface area (Å²) < 4.78 is 39.5. The van der Waals surface area contributed by atoms with Crippen LogP contribution in [0.2, 0.25) is 0 Å². The van der Waals surface area contributed by atoms with E-state index in [1.165, 1.54) is 6.07 Å². The van der Waals surface area contributed by atoms with Gasteiger partial charge >= 0.3 is 0 Å². The number of hydrogen-bond donors (Lipinski definition) is 1. The minimum absolute atomic E-state index is 0. The van der Waals surface area contributed by atoms with Crippen LogP contribution in [0.25, 0.3) is 0 Å². The molecule has 20 heavy (non-hydrogen) atoms. The van der Waals surface area contributed by atoms with E-state index >= 15 is 0 Å². The van der Waals surface area contributed by atoms with E-state index in [4.69, 9.17) is 0 Å². The smallest absolute Gasteiger partial charge is 0.240 e. The Morgan fingerprint density at radius 3 is 2.50 bits per heavy atom. The van der Waals surface area contributed by atoms with Gasteiger partial charge in [0.05, 0.1) is 4.47 Å². The van der Waals surface area contributed by atoms with Crippen LogP contribution in [0.1, 0.15) is 18.0 Å². The maximum Gasteiger partial charge on any atom is 0.240 e. The van der Waals surface area contributed by atoms with E-state index in [0.29, 0.717) is 23.1 Å². The maximum atomic E-state index is 13.6. The third kappa shape index (κ3) is 4.35. The molecule has 7 heteroatoms. The lowest BCUT2D eigenvalue weighted by molar-refractivity contribution is 0.0735. The van der Waals surface area contributed by atoms with Crippen molar-refractivity contribution in [3.63, 3.8) is 0 Å². The second-order valence-electron chi connectivity index (χ2n) is 4.57. The van der Waals surface area contributed by atoms with Gasteiger partial charge in [-0.15, -0.1) is 12.4 Å². The van der Waals surface area contributed by atoms with Crippen molar-refractivity contribution in [2.75, 3.05) is 26.2 Å². The monoisotopic (exact) mass is 372 g/mol. The van der Waals surface area contributed by atoms with E-state index in [9.17, 15) is 13.2 Å². The number of piperazine rings is 1. The highest BCUT2D eigenvalue weighted by Gasteiger charge is 2.27. The van der Waals surface area contributed by atoms with Crippen LogP contribution in [0.15, 0.2) is 22.7 Å². The Morgan fingerprint density at radius 1 is 1.25 bits per heavy atom. The molecule has 0 spiro atoms. The Bertz CT molecular complexity index is 428. The molecule has 0 aromatic heterocycles. The molecule has 1 aromatic carbocycles. The molecule has 1 saturated heterocycles. The molecule has 1 aromatic rings. The van der Waals surface area contributed by atoms with Gasteiger partial charge < -0.3 is 5.32 Å². The van der Waals surface area contributed by atoms with Crippen LogP contribution in [0.3, 0.4) is 0 Å². The lowest BCUT2D eigenvalue weighted by Crippen LogP contribution is -2.45. The lowest BCUT2D eigenvalue weighted by atomic mass is 10.0. The summed E-state index contributed by atoms with van der Waals surface area (Å²) in [5.74, 6) is -0.410. The summed E-state index contributed by atoms with van der Waals surface area (Å²) in [4.78, 5) is 1.99. The van der Waals surface area contributed by atoms with Gasteiger partial charge in [0.15, 0.2) is 0 Å². The number of hydrogen-bond acceptors (Lipinski definition) is 2. The van der Waals surface area contributed by atoms with Crippen LogP contribution < -0.4 is 5.32 Å². The zero-order chi connectivity index (χ0) is 13.8. The van der Waals surface area contributed by atoms with Crippen molar-refractivity contribution in [2.24, 2.45) is 0 Å². The van der Waals surface area contributed by atoms with Gasteiger partial charge in [0, 0.05) is 38.6 Å². The summed E-state index contributed by atoms with van der Waals surface area (Å²) in [6, 6.07) is 4.15. The van der Waals surface area contributed by atoms with E-state index in [1.807, 2.05) is 4.90 Å². The van der Waals surface area contributed by atoms with Gasteiger partial charge in [0.1, 0.15) is 5.82 Å². The molecule has 2 nitrogen and oxygen atoms in total. The first-order chi connectivity index (χ1) is 9.09. The summed E-state index contributed by atoms with van der Waals surface area (Å²) >= 11 is 3.18. The van der Waals surface area contributed by atoms with Crippen molar-refractivity contribution in [3.8, 4) is 0 Å². The number of halogens is 5. The molecule has 0 unspecified atom stereocenters. The summed E-state index contributed by atoms with van der Waals surface area (Å²) in [5, 5.41) is 3.19. The van der Waals surface area contributed by atoms with Crippen molar-refractivity contribution in [2.45, 2.75) is 18.9 Å². The molecule has 1 atom stereocenters. The molecule has 2 rings (SSSR count). The van der Waals surface area contributed by atoms with Crippen LogP contribution in [-0.4, -0.2) is 37.5 Å². The van der Waals surface area contributed by atoms with E-state index in [1.54, 1.807) is 12.1 Å². The van der Waals surface area contributed by atoms with E-state index in [0.717, 1.165) is 13.1 Å². The minimum Gasteiger partial charge on any atom is -0.314 e. The zero-order valence-electron chi connectivity index (χ0n) is 10.8. The molecule has 1 aliphatic rings. The fraction of sp³-hybridized carbons (Fsp3) is 0.538. The molecular weight excluding hydrogens is 357 g/mol. The van der Waals surface area contributed by atoms with Crippen molar-refractivity contribution in [1.82, 2.24) is 10.2 Å². The van der Waals surface area contributed by atoms with Crippen molar-refractivity contribution in [1.29, 1.82) is 0 Å². The Morgan fingerprint density at radius 2 is 1.90 bits per heavy atom. The van der Waals surface area contributed by atoms with Crippen LogP contribution in [0, 0.1) is 5.82 Å². The highest BCUT2D eigenvalue weighted by atomic mass is 79.9. The van der Waals surface area contributed by atoms with Crippen LogP contribution in [0.5, 0.6) is 0 Å². The predicted molar refractivity (Wildman–Crippen MR) is 79.2 cm³/mol. The average molecular weight is 374 g/mol. The van der Waals surface area contributed by atoms with Gasteiger partial charge in [-0.1, -0.05) is 12.1 Å². The molecule has 1 aliphatic heterocycles. The number of rotatable bonds is 4. The highest BCUT2D eigenvalue weighted by Crippen LogP contribution is 2.33. The summed E-state index contributed by atoms with van der Waals surface area (Å²) in [7, 11) is 0. The van der Waals surface area contributed by atoms with Crippen LogP contribution >= 0.6 is 28.3 Å². The average Bonchev–Trinajstić information content (AvgIpc) is 2.40. The molecule has 0 saturated carbocycles. The number of alkyl halides is 2. The third-order valence-electron chi connectivity index (χ3n) is 3.33. The molecule has 0 amide bonds. The van der Waals surface area contributed by atoms with Crippen molar-refractivity contribution in [3.05, 3.63) is 34.1 Å². The van der Waals surface area contributed by atoms with Crippen molar-refractivity contribution < 1.29 is 13.2 Å². The molecule has 1 heterocycles. The quantitative estimate of drug-likeness (QED) is 0.867. The number of benzene rings is 1. The van der Waals surface area contributed by atoms with Gasteiger partial charge in [-0.05, 0) is 27.6 Å². The first kappa shape index (κ1) is 17.8. The fourth-order valence-corrected chi connectivity index (χ4v) is 2.94. The molecule has 114 valence electrons. The molecule has 0 aliphatic carbocycles. The summed E-state index contributed by atoms with van der Waals surface area (Å²) in [6.07, 6.45) is -2.68. The second kappa shape index (κ2) is 8.22. The second-order valence-corrected chi connectivity index (χ2v) is 5.36. The van der Waals surface area contributed by atoms with Crippen molar-refractivity contribution >= 4 is 28.3 Å². The van der Waals surface area contributed by atoms with E-state index in [-0.39, 0.29) is 18.8 Å². The lowest BCUT2D eigenvalue weighted by Gasteiger charge is -2.35. The summed E-state index contributed by atoms with van der Waals surface area (Å²) in [6.45, 7) is 2.93. The zero-order valence-corrected chi connectivity index (χ0v) is 13.2. The minimum atomic E-state index is -2.41. The molecule has 1 fully saturated rings. The summed E-state index contributed by atoms with van der Waals surface area (Å²) in [5.41, 5.74) is 0.599. The molecule has 0 radical (unpaired) electrons. The van der Waals surface area contributed by atoms with Crippen LogP contribution in [-0.2, 0) is 0 Å². The normalized spacial score (nSPS) is 17.9. The Labute approximate surface area is 131 Å². The first-order valence-electron chi connectivity index (χ1n) is 6.26. The third-order valence-corrected chi connectivity index (χ3v) is 4.17. The van der Waals surface area contributed by atoms with Gasteiger partial charge in [-0.2, -0.15) is 0 Å². The number of nitrogens with one attached hydrogen (secondary N) is 1. The topological polar surface area (TPSA) is 15.3 Å². The van der Waals surface area contributed by atoms with Crippen LogP contribution in [0.4, 0.5) is 13.2 Å².